The van der Waals surface area contributed by atoms with Gasteiger partial charge in [0, 0.05) is 37.4 Å². The Morgan fingerprint density at radius 2 is 2.07 bits per heavy atom. The fraction of sp³-hybridized carbons (Fsp3) is 0.476. The quantitative estimate of drug-likeness (QED) is 0.814. The Balaban J connectivity index is 1.58. The number of carbonyl (C=O) groups excluding carboxylic acids is 1. The normalized spacial score (nSPS) is 17.5. The fourth-order valence-electron chi connectivity index (χ4n) is 3.61. The molecular weight excluding hydrogens is 338 g/mol. The number of aromatic nitrogens is 2. The molecule has 1 aliphatic rings. The number of rotatable bonds is 7. The van der Waals surface area contributed by atoms with E-state index in [1.807, 2.05) is 43.1 Å². The average Bonchev–Trinajstić information content (AvgIpc) is 2.70. The van der Waals surface area contributed by atoms with Gasteiger partial charge in [-0.1, -0.05) is 6.07 Å². The third kappa shape index (κ3) is 5.26. The van der Waals surface area contributed by atoms with Crippen LogP contribution in [0.25, 0.3) is 0 Å². The molecule has 144 valence electrons. The van der Waals surface area contributed by atoms with Crippen LogP contribution in [-0.4, -0.2) is 58.4 Å². The van der Waals surface area contributed by atoms with Crippen LogP contribution in [-0.2, 0) is 4.79 Å². The SMILES string of the molecule is CCN(CC)C(=O)CN1CCCC(c2ccc(Nc3ccccn3)cn2)C1. The van der Waals surface area contributed by atoms with Crippen molar-refractivity contribution in [1.82, 2.24) is 19.8 Å². The molecule has 2 aromatic rings. The molecule has 3 heterocycles. The molecule has 6 heteroatoms. The van der Waals surface area contributed by atoms with Crippen molar-refractivity contribution >= 4 is 17.4 Å². The van der Waals surface area contributed by atoms with Gasteiger partial charge in [-0.3, -0.25) is 14.7 Å². The summed E-state index contributed by atoms with van der Waals surface area (Å²) in [6.07, 6.45) is 5.85. The number of nitrogens with zero attached hydrogens (tertiary/aromatic N) is 4. The second-order valence-electron chi connectivity index (χ2n) is 6.95. The lowest BCUT2D eigenvalue weighted by Crippen LogP contribution is -2.43. The van der Waals surface area contributed by atoms with Gasteiger partial charge in [-0.15, -0.1) is 0 Å². The van der Waals surface area contributed by atoms with Gasteiger partial charge < -0.3 is 10.2 Å². The zero-order chi connectivity index (χ0) is 19.1. The van der Waals surface area contributed by atoms with Gasteiger partial charge in [-0.2, -0.15) is 0 Å². The summed E-state index contributed by atoms with van der Waals surface area (Å²) in [6.45, 7) is 8.01. The molecule has 0 aliphatic carbocycles. The molecule has 0 bridgehead atoms. The average molecular weight is 367 g/mol. The zero-order valence-electron chi connectivity index (χ0n) is 16.3. The van der Waals surface area contributed by atoms with Crippen LogP contribution in [0.1, 0.15) is 38.3 Å². The number of nitrogens with one attached hydrogen (secondary N) is 1. The maximum absolute atomic E-state index is 12.4. The molecule has 2 aromatic heterocycles. The number of likely N-dealkylation sites (tertiary alicyclic amines) is 1. The number of hydrogen-bond acceptors (Lipinski definition) is 5. The van der Waals surface area contributed by atoms with Crippen molar-refractivity contribution in [3.05, 3.63) is 48.4 Å². The van der Waals surface area contributed by atoms with Crippen LogP contribution in [0.5, 0.6) is 0 Å². The first kappa shape index (κ1) is 19.3. The number of piperidine rings is 1. The van der Waals surface area contributed by atoms with Gasteiger partial charge in [-0.05, 0) is 57.5 Å². The number of pyridine rings is 2. The second-order valence-corrected chi connectivity index (χ2v) is 6.95. The highest BCUT2D eigenvalue weighted by molar-refractivity contribution is 5.78. The maximum Gasteiger partial charge on any atom is 0.236 e. The van der Waals surface area contributed by atoms with Crippen molar-refractivity contribution < 1.29 is 4.79 Å². The standard InChI is InChI=1S/C21H29N5O/c1-3-26(4-2)21(27)16-25-13-7-8-17(15-25)19-11-10-18(14-23-19)24-20-9-5-6-12-22-20/h5-6,9-12,14,17H,3-4,7-8,13,15-16H2,1-2H3,(H,22,24). The first-order valence-electron chi connectivity index (χ1n) is 9.83. The Morgan fingerprint density at radius 3 is 2.74 bits per heavy atom. The number of anilines is 2. The van der Waals surface area contributed by atoms with E-state index in [4.69, 9.17) is 0 Å². The summed E-state index contributed by atoms with van der Waals surface area (Å²) in [7, 11) is 0. The minimum absolute atomic E-state index is 0.225. The van der Waals surface area contributed by atoms with E-state index in [1.54, 1.807) is 6.20 Å². The predicted octanol–water partition coefficient (Wildman–Crippen LogP) is 3.27. The van der Waals surface area contributed by atoms with E-state index in [9.17, 15) is 4.79 Å². The van der Waals surface area contributed by atoms with Crippen LogP contribution in [0.4, 0.5) is 11.5 Å². The van der Waals surface area contributed by atoms with E-state index < -0.39 is 0 Å². The molecule has 1 saturated heterocycles. The van der Waals surface area contributed by atoms with Crippen LogP contribution >= 0.6 is 0 Å². The fourth-order valence-corrected chi connectivity index (χ4v) is 3.61. The lowest BCUT2D eigenvalue weighted by atomic mass is 9.94. The topological polar surface area (TPSA) is 61.4 Å². The molecule has 1 amide bonds. The number of hydrogen-bond donors (Lipinski definition) is 1. The van der Waals surface area contributed by atoms with E-state index >= 15 is 0 Å². The Kier molecular flexibility index (Phi) is 6.76. The third-order valence-corrected chi connectivity index (χ3v) is 5.12. The molecule has 6 nitrogen and oxygen atoms in total. The largest absolute Gasteiger partial charge is 0.342 e. The first-order valence-corrected chi connectivity index (χ1v) is 9.83. The molecule has 1 fully saturated rings. The van der Waals surface area contributed by atoms with Crippen molar-refractivity contribution in [3.63, 3.8) is 0 Å². The van der Waals surface area contributed by atoms with Crippen molar-refractivity contribution in [3.8, 4) is 0 Å². The van der Waals surface area contributed by atoms with E-state index in [-0.39, 0.29) is 5.91 Å². The van der Waals surface area contributed by atoms with Gasteiger partial charge >= 0.3 is 0 Å². The van der Waals surface area contributed by atoms with Gasteiger partial charge in [0.05, 0.1) is 18.4 Å². The summed E-state index contributed by atoms with van der Waals surface area (Å²) in [5, 5.41) is 3.26. The minimum atomic E-state index is 0.225. The number of amides is 1. The zero-order valence-corrected chi connectivity index (χ0v) is 16.3. The Labute approximate surface area is 161 Å². The van der Waals surface area contributed by atoms with E-state index in [0.717, 1.165) is 56.2 Å². The van der Waals surface area contributed by atoms with Crippen molar-refractivity contribution in [1.29, 1.82) is 0 Å². The van der Waals surface area contributed by atoms with Crippen LogP contribution in [0.2, 0.25) is 0 Å². The molecule has 0 saturated carbocycles. The van der Waals surface area contributed by atoms with Crippen molar-refractivity contribution in [2.45, 2.75) is 32.6 Å². The van der Waals surface area contributed by atoms with Gasteiger partial charge in [0.25, 0.3) is 0 Å². The lowest BCUT2D eigenvalue weighted by molar-refractivity contribution is -0.132. The molecule has 1 unspecified atom stereocenters. The number of likely N-dealkylation sites (N-methyl/N-ethyl adjacent to an activating group) is 1. The van der Waals surface area contributed by atoms with Crippen LogP contribution in [0.15, 0.2) is 42.7 Å². The molecule has 3 rings (SSSR count). The van der Waals surface area contributed by atoms with Gasteiger partial charge in [0.2, 0.25) is 5.91 Å². The van der Waals surface area contributed by atoms with E-state index in [2.05, 4.69) is 32.3 Å². The van der Waals surface area contributed by atoms with Crippen LogP contribution in [0.3, 0.4) is 0 Å². The highest BCUT2D eigenvalue weighted by atomic mass is 16.2. The molecular formula is C21H29N5O. The third-order valence-electron chi connectivity index (χ3n) is 5.12. The predicted molar refractivity (Wildman–Crippen MR) is 108 cm³/mol. The Bertz CT molecular complexity index is 715. The van der Waals surface area contributed by atoms with E-state index in [1.165, 1.54) is 0 Å². The Morgan fingerprint density at radius 1 is 1.22 bits per heavy atom. The summed E-state index contributed by atoms with van der Waals surface area (Å²) in [5.74, 6) is 1.42. The van der Waals surface area contributed by atoms with Crippen molar-refractivity contribution in [2.24, 2.45) is 0 Å². The minimum Gasteiger partial charge on any atom is -0.342 e. The van der Waals surface area contributed by atoms with Crippen molar-refractivity contribution in [2.75, 3.05) is 38.0 Å². The lowest BCUT2D eigenvalue weighted by Gasteiger charge is -2.33. The highest BCUT2D eigenvalue weighted by Crippen LogP contribution is 2.26. The summed E-state index contributed by atoms with van der Waals surface area (Å²) < 4.78 is 0. The first-order chi connectivity index (χ1) is 13.2. The molecule has 1 aliphatic heterocycles. The van der Waals surface area contributed by atoms with Crippen LogP contribution in [0, 0.1) is 0 Å². The summed E-state index contributed by atoms with van der Waals surface area (Å²) in [4.78, 5) is 25.5. The maximum atomic E-state index is 12.4. The van der Waals surface area contributed by atoms with Gasteiger partial charge in [0.1, 0.15) is 5.82 Å². The smallest absolute Gasteiger partial charge is 0.236 e. The Hall–Kier alpha value is -2.47. The summed E-state index contributed by atoms with van der Waals surface area (Å²) in [6, 6.07) is 9.92. The monoisotopic (exact) mass is 367 g/mol. The molecule has 27 heavy (non-hydrogen) atoms. The van der Waals surface area contributed by atoms with Crippen LogP contribution < -0.4 is 5.32 Å². The second kappa shape index (κ2) is 9.46. The van der Waals surface area contributed by atoms with E-state index in [0.29, 0.717) is 12.5 Å². The molecule has 0 aromatic carbocycles. The molecule has 1 atom stereocenters. The molecule has 1 N–H and O–H groups in total. The summed E-state index contributed by atoms with van der Waals surface area (Å²) >= 11 is 0. The highest BCUT2D eigenvalue weighted by Gasteiger charge is 2.24. The van der Waals surface area contributed by atoms with Gasteiger partial charge in [-0.25, -0.2) is 4.98 Å². The molecule has 0 radical (unpaired) electrons. The summed E-state index contributed by atoms with van der Waals surface area (Å²) in [5.41, 5.74) is 2.03. The van der Waals surface area contributed by atoms with Gasteiger partial charge in [0.15, 0.2) is 0 Å². The number of carbonyl (C=O) groups is 1. The molecule has 0 spiro atoms.